The first-order valence-electron chi connectivity index (χ1n) is 16.1. The van der Waals surface area contributed by atoms with Crippen LogP contribution in [-0.4, -0.2) is 41.0 Å². The van der Waals surface area contributed by atoms with Crippen molar-refractivity contribution in [3.8, 4) is 0 Å². The van der Waals surface area contributed by atoms with Gasteiger partial charge in [0.15, 0.2) is 6.10 Å². The highest BCUT2D eigenvalue weighted by molar-refractivity contribution is 7.46. The van der Waals surface area contributed by atoms with Gasteiger partial charge in [-0.3, -0.25) is 14.1 Å². The third-order valence-electron chi connectivity index (χ3n) is 7.71. The van der Waals surface area contributed by atoms with Gasteiger partial charge in [0.1, 0.15) is 6.61 Å². The van der Waals surface area contributed by atoms with Crippen LogP contribution in [-0.2, 0) is 28.2 Å². The SMILES string of the molecule is CCC(C)CCCCCCCCCCC(=O)O[C@H](COC(=O)CCCCCCCCC(C)CC)COP(=O)(O)O. The van der Waals surface area contributed by atoms with E-state index in [0.717, 1.165) is 50.4 Å². The molecule has 9 heteroatoms. The summed E-state index contributed by atoms with van der Waals surface area (Å²) >= 11 is 0. The maximum absolute atomic E-state index is 12.3. The average Bonchev–Trinajstić information content (AvgIpc) is 2.91. The first-order chi connectivity index (χ1) is 19.1. The minimum Gasteiger partial charge on any atom is -0.462 e. The molecule has 0 saturated carbocycles. The van der Waals surface area contributed by atoms with Crippen LogP contribution in [0, 0.1) is 11.8 Å². The first-order valence-corrected chi connectivity index (χ1v) is 17.7. The number of hydrogen-bond donors (Lipinski definition) is 2. The van der Waals surface area contributed by atoms with Gasteiger partial charge < -0.3 is 19.3 Å². The van der Waals surface area contributed by atoms with Crippen LogP contribution in [0.3, 0.4) is 0 Å². The van der Waals surface area contributed by atoms with E-state index in [9.17, 15) is 14.2 Å². The second-order valence-corrected chi connectivity index (χ2v) is 12.9. The lowest BCUT2D eigenvalue weighted by Gasteiger charge is -2.18. The number of phosphoric ester groups is 1. The lowest BCUT2D eigenvalue weighted by molar-refractivity contribution is -0.161. The Morgan fingerprint density at radius 1 is 0.625 bits per heavy atom. The maximum atomic E-state index is 12.3. The fourth-order valence-electron chi connectivity index (χ4n) is 4.50. The van der Waals surface area contributed by atoms with Gasteiger partial charge in [-0.05, 0) is 24.7 Å². The third kappa shape index (κ3) is 27.2. The summed E-state index contributed by atoms with van der Waals surface area (Å²) < 4.78 is 26.1. The van der Waals surface area contributed by atoms with Crippen LogP contribution in [0.1, 0.15) is 156 Å². The van der Waals surface area contributed by atoms with E-state index in [0.29, 0.717) is 6.42 Å². The molecule has 238 valence electrons. The lowest BCUT2D eigenvalue weighted by Crippen LogP contribution is -2.29. The van der Waals surface area contributed by atoms with Crippen LogP contribution in [0.25, 0.3) is 0 Å². The van der Waals surface area contributed by atoms with E-state index < -0.39 is 32.5 Å². The molecule has 0 aromatic heterocycles. The fourth-order valence-corrected chi connectivity index (χ4v) is 4.86. The monoisotopic (exact) mass is 592 g/mol. The Hall–Kier alpha value is -0.950. The molecule has 0 rings (SSSR count). The summed E-state index contributed by atoms with van der Waals surface area (Å²) in [7, 11) is -4.73. The smallest absolute Gasteiger partial charge is 0.462 e. The summed E-state index contributed by atoms with van der Waals surface area (Å²) in [6.45, 7) is 8.25. The zero-order valence-corrected chi connectivity index (χ0v) is 27.0. The van der Waals surface area contributed by atoms with Gasteiger partial charge in [0.05, 0.1) is 6.61 Å². The number of carbonyl (C=O) groups excluding carboxylic acids is 2. The molecule has 8 nitrogen and oxygen atoms in total. The Morgan fingerprint density at radius 3 is 1.45 bits per heavy atom. The number of phosphoric acid groups is 1. The van der Waals surface area contributed by atoms with Crippen molar-refractivity contribution in [3.05, 3.63) is 0 Å². The predicted molar refractivity (Wildman–Crippen MR) is 161 cm³/mol. The quantitative estimate of drug-likeness (QED) is 0.0526. The van der Waals surface area contributed by atoms with E-state index in [1.165, 1.54) is 70.6 Å². The summed E-state index contributed by atoms with van der Waals surface area (Å²) in [4.78, 5) is 42.4. The maximum Gasteiger partial charge on any atom is 0.469 e. The molecule has 0 aliphatic rings. The molecule has 0 aliphatic carbocycles. The third-order valence-corrected chi connectivity index (χ3v) is 8.19. The van der Waals surface area contributed by atoms with Crippen LogP contribution in [0.15, 0.2) is 0 Å². The van der Waals surface area contributed by atoms with Crippen LogP contribution in [0.5, 0.6) is 0 Å². The van der Waals surface area contributed by atoms with E-state index in [-0.39, 0.29) is 19.4 Å². The molecule has 0 bridgehead atoms. The number of hydrogen-bond acceptors (Lipinski definition) is 6. The molecule has 0 saturated heterocycles. The van der Waals surface area contributed by atoms with Crippen molar-refractivity contribution in [1.82, 2.24) is 0 Å². The molecule has 0 heterocycles. The molecule has 2 unspecified atom stereocenters. The van der Waals surface area contributed by atoms with Crippen LogP contribution >= 0.6 is 7.82 Å². The minimum absolute atomic E-state index is 0.215. The van der Waals surface area contributed by atoms with Gasteiger partial charge in [-0.15, -0.1) is 0 Å². The highest BCUT2D eigenvalue weighted by atomic mass is 31.2. The van der Waals surface area contributed by atoms with Crippen molar-refractivity contribution in [3.63, 3.8) is 0 Å². The van der Waals surface area contributed by atoms with E-state index in [1.54, 1.807) is 0 Å². The van der Waals surface area contributed by atoms with Crippen molar-refractivity contribution >= 4 is 19.8 Å². The lowest BCUT2D eigenvalue weighted by atomic mass is 9.99. The zero-order valence-electron chi connectivity index (χ0n) is 26.1. The van der Waals surface area contributed by atoms with Crippen LogP contribution in [0.2, 0.25) is 0 Å². The minimum atomic E-state index is -4.73. The number of rotatable bonds is 28. The molecule has 0 aliphatic heterocycles. The van der Waals surface area contributed by atoms with Gasteiger partial charge in [-0.1, -0.05) is 130 Å². The molecule has 0 fully saturated rings. The van der Waals surface area contributed by atoms with Crippen molar-refractivity contribution in [2.45, 2.75) is 162 Å². The number of esters is 2. The Bertz CT molecular complexity index is 666. The summed E-state index contributed by atoms with van der Waals surface area (Å²) in [6.07, 6.45) is 19.8. The van der Waals surface area contributed by atoms with Gasteiger partial charge in [-0.25, -0.2) is 4.57 Å². The van der Waals surface area contributed by atoms with E-state index in [4.69, 9.17) is 19.3 Å². The zero-order chi connectivity index (χ0) is 30.1. The Balaban J connectivity index is 4.07. The van der Waals surface area contributed by atoms with Gasteiger partial charge >= 0.3 is 19.8 Å². The van der Waals surface area contributed by atoms with E-state index in [1.807, 2.05) is 0 Å². The van der Waals surface area contributed by atoms with Crippen molar-refractivity contribution < 1.29 is 37.9 Å². The average molecular weight is 593 g/mol. The highest BCUT2D eigenvalue weighted by Crippen LogP contribution is 2.36. The summed E-state index contributed by atoms with van der Waals surface area (Å²) in [5, 5.41) is 0. The molecule has 0 aromatic rings. The van der Waals surface area contributed by atoms with Crippen molar-refractivity contribution in [2.24, 2.45) is 11.8 Å². The van der Waals surface area contributed by atoms with Crippen molar-refractivity contribution in [2.75, 3.05) is 13.2 Å². The molecule has 3 atom stereocenters. The Labute approximate surface area is 244 Å². The van der Waals surface area contributed by atoms with Crippen molar-refractivity contribution in [1.29, 1.82) is 0 Å². The standard InChI is InChI=1S/C31H61O8P/c1-5-27(3)21-17-13-9-7-8-10-16-20-24-31(33)39-29(26-38-40(34,35)36)25-37-30(32)23-19-15-12-11-14-18-22-28(4)6-2/h27-29H,5-26H2,1-4H3,(H2,34,35,36)/t27?,28?,29-/m1/s1. The fraction of sp³-hybridized carbons (Fsp3) is 0.935. The molecule has 40 heavy (non-hydrogen) atoms. The molecular weight excluding hydrogens is 531 g/mol. The van der Waals surface area contributed by atoms with Crippen LogP contribution < -0.4 is 0 Å². The topological polar surface area (TPSA) is 119 Å². The predicted octanol–water partition coefficient (Wildman–Crippen LogP) is 8.66. The first kappa shape index (κ1) is 39.0. The molecule has 2 N–H and O–H groups in total. The summed E-state index contributed by atoms with van der Waals surface area (Å²) in [5.74, 6) is 0.727. The van der Waals surface area contributed by atoms with E-state index in [2.05, 4.69) is 32.2 Å². The largest absolute Gasteiger partial charge is 0.469 e. The van der Waals surface area contributed by atoms with Gasteiger partial charge in [0.25, 0.3) is 0 Å². The Morgan fingerprint density at radius 2 is 1.02 bits per heavy atom. The Kier molecular flexibility index (Phi) is 25.1. The number of carbonyl (C=O) groups is 2. The van der Waals surface area contributed by atoms with Gasteiger partial charge in [0, 0.05) is 12.8 Å². The normalized spacial score (nSPS) is 14.1. The second-order valence-electron chi connectivity index (χ2n) is 11.6. The van der Waals surface area contributed by atoms with E-state index >= 15 is 0 Å². The number of unbranched alkanes of at least 4 members (excludes halogenated alkanes) is 12. The summed E-state index contributed by atoms with van der Waals surface area (Å²) in [5.41, 5.74) is 0. The number of ether oxygens (including phenoxy) is 2. The molecule has 0 radical (unpaired) electrons. The molecule has 0 amide bonds. The second kappa shape index (κ2) is 25.7. The summed E-state index contributed by atoms with van der Waals surface area (Å²) in [6, 6.07) is 0. The van der Waals surface area contributed by atoms with Crippen LogP contribution in [0.4, 0.5) is 0 Å². The highest BCUT2D eigenvalue weighted by Gasteiger charge is 2.22. The molecule has 0 spiro atoms. The van der Waals surface area contributed by atoms with Gasteiger partial charge in [0.2, 0.25) is 0 Å². The molecular formula is C31H61O8P. The van der Waals surface area contributed by atoms with Gasteiger partial charge in [-0.2, -0.15) is 0 Å². The molecule has 0 aromatic carbocycles.